The first kappa shape index (κ1) is 22.0. The van der Waals surface area contributed by atoms with Crippen LogP contribution in [-0.4, -0.2) is 23.5 Å². The van der Waals surface area contributed by atoms with E-state index in [0.717, 1.165) is 5.56 Å². The molecule has 0 aliphatic carbocycles. The van der Waals surface area contributed by atoms with Crippen molar-refractivity contribution in [1.29, 1.82) is 0 Å². The summed E-state index contributed by atoms with van der Waals surface area (Å²) >= 11 is 5.22. The molecule has 2 amide bonds. The predicted octanol–water partition coefficient (Wildman–Crippen LogP) is 4.77. The van der Waals surface area contributed by atoms with E-state index in [0.29, 0.717) is 34.9 Å². The first-order chi connectivity index (χ1) is 14.9. The highest BCUT2D eigenvalue weighted by atomic mass is 32.1. The molecule has 3 aromatic rings. The largest absolute Gasteiger partial charge is 0.494 e. The standard InChI is InChI=1S/C24H23N3O3S/c1-3-30-21-13-7-17(8-14-21)22(28)27-24(31)26-20-11-9-19(10-12-20)25-23(29)18-6-4-5-16(2)15-18/h4-15H,3H2,1-2H3,(H,25,29)(H2,26,27,28,31). The van der Waals surface area contributed by atoms with E-state index in [4.69, 9.17) is 17.0 Å². The number of aryl methyl sites for hydroxylation is 1. The van der Waals surface area contributed by atoms with Crippen LogP contribution in [0.15, 0.2) is 72.8 Å². The molecule has 0 unspecified atom stereocenters. The number of benzene rings is 3. The van der Waals surface area contributed by atoms with Crippen molar-refractivity contribution in [3.63, 3.8) is 0 Å². The molecule has 0 saturated heterocycles. The molecule has 0 saturated carbocycles. The topological polar surface area (TPSA) is 79.5 Å². The number of ether oxygens (including phenoxy) is 1. The van der Waals surface area contributed by atoms with Gasteiger partial charge >= 0.3 is 0 Å². The van der Waals surface area contributed by atoms with Crippen LogP contribution in [0.2, 0.25) is 0 Å². The van der Waals surface area contributed by atoms with Crippen molar-refractivity contribution in [2.75, 3.05) is 17.2 Å². The van der Waals surface area contributed by atoms with Gasteiger partial charge in [0.1, 0.15) is 5.75 Å². The second-order valence-electron chi connectivity index (χ2n) is 6.77. The van der Waals surface area contributed by atoms with Crippen LogP contribution >= 0.6 is 12.2 Å². The summed E-state index contributed by atoms with van der Waals surface area (Å²) in [5.74, 6) is 0.208. The highest BCUT2D eigenvalue weighted by molar-refractivity contribution is 7.80. The minimum atomic E-state index is -0.317. The van der Waals surface area contributed by atoms with E-state index >= 15 is 0 Å². The van der Waals surface area contributed by atoms with Crippen molar-refractivity contribution in [3.8, 4) is 5.75 Å². The molecule has 0 radical (unpaired) electrons. The maximum atomic E-state index is 12.3. The zero-order chi connectivity index (χ0) is 22.2. The van der Waals surface area contributed by atoms with Gasteiger partial charge in [-0.15, -0.1) is 0 Å². The summed E-state index contributed by atoms with van der Waals surface area (Å²) < 4.78 is 5.37. The van der Waals surface area contributed by atoms with Gasteiger partial charge in [-0.2, -0.15) is 0 Å². The summed E-state index contributed by atoms with van der Waals surface area (Å²) in [6.07, 6.45) is 0. The normalized spacial score (nSPS) is 10.1. The Morgan fingerprint density at radius 3 is 2.10 bits per heavy atom. The number of amides is 2. The van der Waals surface area contributed by atoms with E-state index < -0.39 is 0 Å². The second kappa shape index (κ2) is 10.4. The number of hydrogen-bond acceptors (Lipinski definition) is 4. The van der Waals surface area contributed by atoms with Gasteiger partial charge < -0.3 is 15.4 Å². The maximum Gasteiger partial charge on any atom is 0.257 e. The van der Waals surface area contributed by atoms with Crippen molar-refractivity contribution in [3.05, 3.63) is 89.5 Å². The van der Waals surface area contributed by atoms with Crippen LogP contribution in [0, 0.1) is 6.92 Å². The number of carbonyl (C=O) groups excluding carboxylic acids is 2. The monoisotopic (exact) mass is 433 g/mol. The molecule has 3 aromatic carbocycles. The molecular formula is C24H23N3O3S. The van der Waals surface area contributed by atoms with E-state index in [1.807, 2.05) is 32.0 Å². The molecule has 0 atom stereocenters. The van der Waals surface area contributed by atoms with Crippen molar-refractivity contribution in [2.45, 2.75) is 13.8 Å². The molecule has 0 fully saturated rings. The van der Waals surface area contributed by atoms with Crippen LogP contribution in [0.3, 0.4) is 0 Å². The molecule has 3 rings (SSSR count). The second-order valence-corrected chi connectivity index (χ2v) is 7.17. The molecule has 7 heteroatoms. The Hall–Kier alpha value is -3.71. The highest BCUT2D eigenvalue weighted by Crippen LogP contribution is 2.16. The van der Waals surface area contributed by atoms with Crippen LogP contribution in [0.1, 0.15) is 33.2 Å². The molecule has 0 spiro atoms. The number of thiocarbonyl (C=S) groups is 1. The zero-order valence-electron chi connectivity index (χ0n) is 17.3. The molecule has 0 aromatic heterocycles. The SMILES string of the molecule is CCOc1ccc(C(=O)NC(=S)Nc2ccc(NC(=O)c3cccc(C)c3)cc2)cc1. The van der Waals surface area contributed by atoms with Crippen molar-refractivity contribution < 1.29 is 14.3 Å². The van der Waals surface area contributed by atoms with Crippen LogP contribution in [0.5, 0.6) is 5.75 Å². The van der Waals surface area contributed by atoms with Gasteiger partial charge in [-0.05, 0) is 86.7 Å². The average Bonchev–Trinajstić information content (AvgIpc) is 2.75. The lowest BCUT2D eigenvalue weighted by atomic mass is 10.1. The van der Waals surface area contributed by atoms with Gasteiger partial charge in [-0.1, -0.05) is 17.7 Å². The lowest BCUT2D eigenvalue weighted by molar-refractivity contribution is 0.0976. The Morgan fingerprint density at radius 2 is 1.48 bits per heavy atom. The lowest BCUT2D eigenvalue weighted by Gasteiger charge is -2.11. The van der Waals surface area contributed by atoms with Gasteiger partial charge in [0.25, 0.3) is 11.8 Å². The minimum absolute atomic E-state index is 0.176. The third-order valence-corrected chi connectivity index (χ3v) is 4.54. The Bertz CT molecular complexity index is 1080. The quantitative estimate of drug-likeness (QED) is 0.488. The van der Waals surface area contributed by atoms with Crippen molar-refractivity contribution in [1.82, 2.24) is 5.32 Å². The average molecular weight is 434 g/mol. The third-order valence-electron chi connectivity index (χ3n) is 4.34. The summed E-state index contributed by atoms with van der Waals surface area (Å²) in [4.78, 5) is 24.7. The molecule has 0 bridgehead atoms. The summed E-state index contributed by atoms with van der Waals surface area (Å²) in [6, 6.07) is 21.2. The van der Waals surface area contributed by atoms with E-state index in [1.54, 1.807) is 54.6 Å². The molecule has 0 aliphatic heterocycles. The maximum absolute atomic E-state index is 12.3. The Kier molecular flexibility index (Phi) is 7.35. The Morgan fingerprint density at radius 1 is 0.839 bits per heavy atom. The fourth-order valence-electron chi connectivity index (χ4n) is 2.83. The number of hydrogen-bond donors (Lipinski definition) is 3. The van der Waals surface area contributed by atoms with Crippen molar-refractivity contribution in [2.24, 2.45) is 0 Å². The fraction of sp³-hybridized carbons (Fsp3) is 0.125. The summed E-state index contributed by atoms with van der Waals surface area (Å²) in [6.45, 7) is 4.40. The smallest absolute Gasteiger partial charge is 0.257 e. The number of carbonyl (C=O) groups is 2. The molecule has 0 aliphatic rings. The zero-order valence-corrected chi connectivity index (χ0v) is 18.1. The third kappa shape index (κ3) is 6.38. The van der Waals surface area contributed by atoms with E-state index in [1.165, 1.54) is 0 Å². The van der Waals surface area contributed by atoms with E-state index in [9.17, 15) is 9.59 Å². The van der Waals surface area contributed by atoms with Gasteiger partial charge in [0.2, 0.25) is 0 Å². The Balaban J connectivity index is 1.53. The summed E-state index contributed by atoms with van der Waals surface area (Å²) in [7, 11) is 0. The van der Waals surface area contributed by atoms with Gasteiger partial charge in [-0.3, -0.25) is 14.9 Å². The molecule has 0 heterocycles. The molecule has 3 N–H and O–H groups in total. The predicted molar refractivity (Wildman–Crippen MR) is 127 cm³/mol. The fourth-order valence-corrected chi connectivity index (χ4v) is 3.04. The summed E-state index contributed by atoms with van der Waals surface area (Å²) in [5.41, 5.74) is 3.43. The molecule has 31 heavy (non-hydrogen) atoms. The van der Waals surface area contributed by atoms with Gasteiger partial charge in [0.15, 0.2) is 5.11 Å². The van der Waals surface area contributed by atoms with Crippen molar-refractivity contribution >= 4 is 40.5 Å². The molecular weight excluding hydrogens is 410 g/mol. The van der Waals surface area contributed by atoms with Crippen LogP contribution in [0.25, 0.3) is 0 Å². The number of rotatable bonds is 6. The van der Waals surface area contributed by atoms with E-state index in [-0.39, 0.29) is 16.9 Å². The van der Waals surface area contributed by atoms with Gasteiger partial charge in [-0.25, -0.2) is 0 Å². The number of nitrogens with one attached hydrogen (secondary N) is 3. The lowest BCUT2D eigenvalue weighted by Crippen LogP contribution is -2.34. The highest BCUT2D eigenvalue weighted by Gasteiger charge is 2.09. The van der Waals surface area contributed by atoms with Crippen LogP contribution in [0.4, 0.5) is 11.4 Å². The van der Waals surface area contributed by atoms with Crippen LogP contribution in [-0.2, 0) is 0 Å². The summed E-state index contributed by atoms with van der Waals surface area (Å²) in [5, 5.41) is 8.63. The minimum Gasteiger partial charge on any atom is -0.494 e. The van der Waals surface area contributed by atoms with E-state index in [2.05, 4.69) is 16.0 Å². The Labute approximate surface area is 186 Å². The molecule has 158 valence electrons. The van der Waals surface area contributed by atoms with Gasteiger partial charge in [0, 0.05) is 22.5 Å². The number of anilines is 2. The first-order valence-electron chi connectivity index (χ1n) is 9.78. The molecule has 6 nitrogen and oxygen atoms in total. The van der Waals surface area contributed by atoms with Crippen LogP contribution < -0.4 is 20.7 Å². The first-order valence-corrected chi connectivity index (χ1v) is 10.2. The van der Waals surface area contributed by atoms with Gasteiger partial charge in [0.05, 0.1) is 6.61 Å².